The first-order chi connectivity index (χ1) is 11.2. The molecule has 1 heterocycles. The summed E-state index contributed by atoms with van der Waals surface area (Å²) in [7, 11) is 0. The second-order valence-electron chi connectivity index (χ2n) is 5.11. The Bertz CT molecular complexity index is 825. The van der Waals surface area contributed by atoms with Crippen molar-refractivity contribution < 1.29 is 4.39 Å². The summed E-state index contributed by atoms with van der Waals surface area (Å²) in [5.74, 6) is 0.889. The van der Waals surface area contributed by atoms with Gasteiger partial charge in [0.15, 0.2) is 0 Å². The van der Waals surface area contributed by atoms with E-state index < -0.39 is 0 Å². The van der Waals surface area contributed by atoms with Gasteiger partial charge in [0.25, 0.3) is 0 Å². The Kier molecular flexibility index (Phi) is 6.17. The molecule has 3 nitrogen and oxygen atoms in total. The minimum Gasteiger partial charge on any atom is -0.382 e. The van der Waals surface area contributed by atoms with E-state index in [9.17, 15) is 4.39 Å². The van der Waals surface area contributed by atoms with Gasteiger partial charge in [0.05, 0.1) is 18.1 Å². The number of aromatic nitrogens is 2. The monoisotopic (exact) mass is 361 g/mol. The van der Waals surface area contributed by atoms with Gasteiger partial charge >= 0.3 is 0 Å². The van der Waals surface area contributed by atoms with Gasteiger partial charge in [-0.3, -0.25) is 4.98 Å². The molecular formula is C18H17ClFN3S. The van der Waals surface area contributed by atoms with Gasteiger partial charge in [0.1, 0.15) is 11.6 Å². The second kappa shape index (κ2) is 8.13. The molecule has 0 saturated heterocycles. The van der Waals surface area contributed by atoms with Gasteiger partial charge in [-0.25, -0.2) is 9.37 Å². The minimum atomic E-state index is -0.319. The van der Waals surface area contributed by atoms with Gasteiger partial charge in [0, 0.05) is 11.3 Å². The molecule has 0 saturated carbocycles. The van der Waals surface area contributed by atoms with E-state index in [1.54, 1.807) is 23.9 Å². The predicted molar refractivity (Wildman–Crippen MR) is 102 cm³/mol. The molecule has 0 radical (unpaired) electrons. The van der Waals surface area contributed by atoms with Crippen molar-refractivity contribution in [2.45, 2.75) is 5.75 Å². The average molecular weight is 362 g/mol. The number of hydrogen-bond donors (Lipinski definition) is 1. The van der Waals surface area contributed by atoms with E-state index in [1.807, 2.05) is 24.3 Å². The van der Waals surface area contributed by atoms with Crippen molar-refractivity contribution in [3.63, 3.8) is 0 Å². The first-order valence-electron chi connectivity index (χ1n) is 7.13. The molecule has 0 amide bonds. The lowest BCUT2D eigenvalue weighted by Gasteiger charge is -2.10. The SMILES string of the molecule is CSCc1ccccc1-c1ccc(-c2cnc(N)cn2)c(F)c1.Cl. The quantitative estimate of drug-likeness (QED) is 0.724. The largest absolute Gasteiger partial charge is 0.382 e. The first-order valence-corrected chi connectivity index (χ1v) is 8.53. The Hall–Kier alpha value is -2.11. The normalized spacial score (nSPS) is 10.2. The van der Waals surface area contributed by atoms with E-state index in [1.165, 1.54) is 18.0 Å². The smallest absolute Gasteiger partial charge is 0.141 e. The van der Waals surface area contributed by atoms with E-state index in [0.29, 0.717) is 17.1 Å². The fourth-order valence-electron chi connectivity index (χ4n) is 2.45. The van der Waals surface area contributed by atoms with Crippen LogP contribution in [-0.2, 0) is 5.75 Å². The topological polar surface area (TPSA) is 51.8 Å². The summed E-state index contributed by atoms with van der Waals surface area (Å²) in [4.78, 5) is 8.09. The van der Waals surface area contributed by atoms with E-state index in [2.05, 4.69) is 22.3 Å². The molecule has 2 aromatic carbocycles. The van der Waals surface area contributed by atoms with Crippen LogP contribution in [0.5, 0.6) is 0 Å². The number of hydrogen-bond acceptors (Lipinski definition) is 4. The Balaban J connectivity index is 0.00000208. The third-order valence-corrected chi connectivity index (χ3v) is 4.14. The maximum atomic E-state index is 14.5. The van der Waals surface area contributed by atoms with Crippen molar-refractivity contribution in [1.82, 2.24) is 9.97 Å². The summed E-state index contributed by atoms with van der Waals surface area (Å²) < 4.78 is 14.5. The van der Waals surface area contributed by atoms with Gasteiger partial charge in [-0.05, 0) is 35.1 Å². The second-order valence-corrected chi connectivity index (χ2v) is 5.98. The van der Waals surface area contributed by atoms with Crippen LogP contribution in [0.2, 0.25) is 0 Å². The van der Waals surface area contributed by atoms with Gasteiger partial charge in [-0.1, -0.05) is 30.3 Å². The van der Waals surface area contributed by atoms with E-state index >= 15 is 0 Å². The summed E-state index contributed by atoms with van der Waals surface area (Å²) in [5, 5.41) is 0. The molecule has 0 unspecified atom stereocenters. The molecule has 0 aliphatic rings. The molecule has 0 fully saturated rings. The number of halogens is 2. The van der Waals surface area contributed by atoms with Gasteiger partial charge in [-0.15, -0.1) is 12.4 Å². The standard InChI is InChI=1S/C18H16FN3S.ClH/c1-23-11-13-4-2-3-5-14(13)12-6-7-15(16(19)8-12)17-9-22-18(20)10-21-17;/h2-10H,11H2,1H3,(H2,20,22);1H. The fraction of sp³-hybridized carbons (Fsp3) is 0.111. The predicted octanol–water partition coefficient (Wildman–Crippen LogP) is 4.82. The molecular weight excluding hydrogens is 345 g/mol. The molecule has 0 spiro atoms. The van der Waals surface area contributed by atoms with Crippen LogP contribution in [0, 0.1) is 5.82 Å². The summed E-state index contributed by atoms with van der Waals surface area (Å²) in [6.07, 6.45) is 4.96. The Morgan fingerprint density at radius 2 is 1.83 bits per heavy atom. The van der Waals surface area contributed by atoms with Crippen LogP contribution in [0.1, 0.15) is 5.56 Å². The maximum Gasteiger partial charge on any atom is 0.141 e. The van der Waals surface area contributed by atoms with Crippen molar-refractivity contribution in [3.8, 4) is 22.4 Å². The molecule has 0 atom stereocenters. The lowest BCUT2D eigenvalue weighted by atomic mass is 9.98. The number of nitrogens with two attached hydrogens (primary N) is 1. The molecule has 1 aromatic heterocycles. The number of nitrogen functional groups attached to an aromatic ring is 1. The fourth-order valence-corrected chi connectivity index (χ4v) is 3.01. The summed E-state index contributed by atoms with van der Waals surface area (Å²) in [6.45, 7) is 0. The van der Waals surface area contributed by atoms with Crippen LogP contribution in [0.4, 0.5) is 10.2 Å². The molecule has 3 rings (SSSR count). The van der Waals surface area contributed by atoms with Gasteiger partial charge < -0.3 is 5.73 Å². The van der Waals surface area contributed by atoms with E-state index in [-0.39, 0.29) is 18.2 Å². The summed E-state index contributed by atoms with van der Waals surface area (Å²) >= 11 is 1.75. The number of nitrogens with zero attached hydrogens (tertiary/aromatic N) is 2. The lowest BCUT2D eigenvalue weighted by Crippen LogP contribution is -1.95. The van der Waals surface area contributed by atoms with Crippen molar-refractivity contribution in [3.05, 3.63) is 66.2 Å². The highest BCUT2D eigenvalue weighted by atomic mass is 35.5. The Morgan fingerprint density at radius 3 is 2.50 bits per heavy atom. The zero-order valence-electron chi connectivity index (χ0n) is 13.1. The first kappa shape index (κ1) is 18.2. The number of thioether (sulfide) groups is 1. The van der Waals surface area contributed by atoms with E-state index in [4.69, 9.17) is 5.73 Å². The molecule has 0 bridgehead atoms. The lowest BCUT2D eigenvalue weighted by molar-refractivity contribution is 0.631. The Labute approximate surface area is 150 Å². The summed E-state index contributed by atoms with van der Waals surface area (Å²) in [5.41, 5.74) is 9.52. The number of benzene rings is 2. The van der Waals surface area contributed by atoms with Crippen LogP contribution in [0.25, 0.3) is 22.4 Å². The highest BCUT2D eigenvalue weighted by Gasteiger charge is 2.11. The van der Waals surface area contributed by atoms with Crippen LogP contribution in [-0.4, -0.2) is 16.2 Å². The third kappa shape index (κ3) is 3.86. The van der Waals surface area contributed by atoms with Crippen LogP contribution >= 0.6 is 24.2 Å². The molecule has 124 valence electrons. The molecule has 6 heteroatoms. The molecule has 0 aliphatic heterocycles. The zero-order valence-corrected chi connectivity index (χ0v) is 14.7. The minimum absolute atomic E-state index is 0. The maximum absolute atomic E-state index is 14.5. The highest BCUT2D eigenvalue weighted by Crippen LogP contribution is 2.30. The molecule has 2 N–H and O–H groups in total. The van der Waals surface area contributed by atoms with Crippen molar-refractivity contribution in [2.75, 3.05) is 12.0 Å². The molecule has 0 aliphatic carbocycles. The van der Waals surface area contributed by atoms with Crippen LogP contribution in [0.15, 0.2) is 54.9 Å². The van der Waals surface area contributed by atoms with Gasteiger partial charge in [0.2, 0.25) is 0 Å². The average Bonchev–Trinajstić information content (AvgIpc) is 2.57. The van der Waals surface area contributed by atoms with Crippen molar-refractivity contribution >= 4 is 30.0 Å². The Morgan fingerprint density at radius 1 is 1.04 bits per heavy atom. The highest BCUT2D eigenvalue weighted by molar-refractivity contribution is 7.97. The van der Waals surface area contributed by atoms with Crippen molar-refractivity contribution in [1.29, 1.82) is 0 Å². The molecule has 3 aromatic rings. The summed E-state index contributed by atoms with van der Waals surface area (Å²) in [6, 6.07) is 13.3. The number of rotatable bonds is 4. The van der Waals surface area contributed by atoms with Crippen LogP contribution in [0.3, 0.4) is 0 Å². The third-order valence-electron chi connectivity index (χ3n) is 3.55. The van der Waals surface area contributed by atoms with Crippen molar-refractivity contribution in [2.24, 2.45) is 0 Å². The molecule has 24 heavy (non-hydrogen) atoms. The van der Waals surface area contributed by atoms with E-state index in [0.717, 1.165) is 16.9 Å². The number of anilines is 1. The van der Waals surface area contributed by atoms with Crippen LogP contribution < -0.4 is 5.73 Å². The zero-order chi connectivity index (χ0) is 16.2. The van der Waals surface area contributed by atoms with Gasteiger partial charge in [-0.2, -0.15) is 11.8 Å².